The first kappa shape index (κ1) is 14.5. The fraction of sp³-hybridized carbons (Fsp3) is 0.500. The van der Waals surface area contributed by atoms with Crippen LogP contribution in [0.25, 0.3) is 0 Å². The van der Waals surface area contributed by atoms with E-state index in [1.165, 1.54) is 9.75 Å². The highest BCUT2D eigenvalue weighted by Gasteiger charge is 2.18. The summed E-state index contributed by atoms with van der Waals surface area (Å²) in [6, 6.07) is 4.71. The van der Waals surface area contributed by atoms with Crippen LogP contribution in [-0.4, -0.2) is 11.0 Å². The monoisotopic (exact) mass is 295 g/mol. The zero-order chi connectivity index (χ0) is 13.8. The molecule has 0 bridgehead atoms. The highest BCUT2D eigenvalue weighted by atomic mass is 32.1. The lowest BCUT2D eigenvalue weighted by molar-refractivity contribution is 0.683. The van der Waals surface area contributed by atoms with Crippen LogP contribution in [-0.2, 0) is 19.5 Å². The molecule has 104 valence electrons. The largest absolute Gasteiger partial charge is 0.341 e. The lowest BCUT2D eigenvalue weighted by Crippen LogP contribution is -2.29. The molecule has 19 heavy (non-hydrogen) atoms. The predicted molar refractivity (Wildman–Crippen MR) is 85.0 cm³/mol. The Morgan fingerprint density at radius 1 is 1.42 bits per heavy atom. The number of aromatic nitrogens is 1. The van der Waals surface area contributed by atoms with E-state index in [2.05, 4.69) is 43.2 Å². The lowest BCUT2D eigenvalue weighted by Gasteiger charge is -2.25. The molecule has 0 radical (unpaired) electrons. The standard InChI is InChI=1S/C14H21N3S2/c1-4-12-13(8-15)19-14(16-12)17(10(2)3)9-11-6-5-7-18-11/h5-7,10H,4,8-9,15H2,1-3H3. The summed E-state index contributed by atoms with van der Waals surface area (Å²) in [7, 11) is 0. The van der Waals surface area contributed by atoms with Crippen molar-refractivity contribution in [2.45, 2.75) is 46.3 Å². The molecule has 0 aliphatic rings. The second kappa shape index (κ2) is 6.50. The van der Waals surface area contributed by atoms with E-state index in [0.29, 0.717) is 12.6 Å². The van der Waals surface area contributed by atoms with Crippen molar-refractivity contribution in [1.29, 1.82) is 0 Å². The van der Waals surface area contributed by atoms with Gasteiger partial charge >= 0.3 is 0 Å². The van der Waals surface area contributed by atoms with E-state index < -0.39 is 0 Å². The van der Waals surface area contributed by atoms with Gasteiger partial charge in [0.2, 0.25) is 0 Å². The maximum atomic E-state index is 5.81. The fourth-order valence-electron chi connectivity index (χ4n) is 1.97. The van der Waals surface area contributed by atoms with Crippen LogP contribution in [0.15, 0.2) is 17.5 Å². The minimum atomic E-state index is 0.434. The van der Waals surface area contributed by atoms with Crippen molar-refractivity contribution in [2.24, 2.45) is 5.73 Å². The molecule has 0 spiro atoms. The number of thiophene rings is 1. The average molecular weight is 295 g/mol. The molecule has 0 unspecified atom stereocenters. The first-order valence-electron chi connectivity index (χ1n) is 6.63. The van der Waals surface area contributed by atoms with Crippen LogP contribution in [0.1, 0.15) is 36.2 Å². The summed E-state index contributed by atoms with van der Waals surface area (Å²) in [5.41, 5.74) is 6.96. The molecule has 3 nitrogen and oxygen atoms in total. The summed E-state index contributed by atoms with van der Waals surface area (Å²) in [4.78, 5) is 9.72. The Balaban J connectivity index is 2.26. The number of hydrogen-bond acceptors (Lipinski definition) is 5. The summed E-state index contributed by atoms with van der Waals surface area (Å²) >= 11 is 3.53. The fourth-order valence-corrected chi connectivity index (χ4v) is 3.83. The van der Waals surface area contributed by atoms with Gasteiger partial charge in [-0.25, -0.2) is 4.98 Å². The predicted octanol–water partition coefficient (Wildman–Crippen LogP) is 3.64. The number of hydrogen-bond donors (Lipinski definition) is 1. The van der Waals surface area contributed by atoms with Crippen molar-refractivity contribution in [3.8, 4) is 0 Å². The Bertz CT molecular complexity index is 481. The van der Waals surface area contributed by atoms with Gasteiger partial charge in [-0.2, -0.15) is 0 Å². The Hall–Kier alpha value is -0.910. The third-order valence-electron chi connectivity index (χ3n) is 3.06. The molecular weight excluding hydrogens is 274 g/mol. The number of nitrogens with zero attached hydrogens (tertiary/aromatic N) is 2. The first-order chi connectivity index (χ1) is 9.15. The van der Waals surface area contributed by atoms with Crippen molar-refractivity contribution < 1.29 is 0 Å². The number of aryl methyl sites for hydroxylation is 1. The number of nitrogens with two attached hydrogens (primary N) is 1. The third kappa shape index (κ3) is 3.35. The second-order valence-corrected chi connectivity index (χ2v) is 6.82. The van der Waals surface area contributed by atoms with Crippen molar-refractivity contribution >= 4 is 27.8 Å². The van der Waals surface area contributed by atoms with E-state index in [4.69, 9.17) is 10.7 Å². The molecule has 0 amide bonds. The van der Waals surface area contributed by atoms with Crippen LogP contribution in [0, 0.1) is 0 Å². The Morgan fingerprint density at radius 3 is 2.68 bits per heavy atom. The quantitative estimate of drug-likeness (QED) is 0.884. The van der Waals surface area contributed by atoms with Crippen LogP contribution in [0.5, 0.6) is 0 Å². The summed E-state index contributed by atoms with van der Waals surface area (Å²) in [6.07, 6.45) is 0.952. The second-order valence-electron chi connectivity index (χ2n) is 4.73. The maximum Gasteiger partial charge on any atom is 0.186 e. The van der Waals surface area contributed by atoms with Crippen molar-refractivity contribution in [2.75, 3.05) is 4.90 Å². The molecule has 0 aliphatic heterocycles. The zero-order valence-electron chi connectivity index (χ0n) is 11.7. The van der Waals surface area contributed by atoms with E-state index in [1.54, 1.807) is 22.7 Å². The molecule has 2 rings (SSSR count). The summed E-state index contributed by atoms with van der Waals surface area (Å²) in [5, 5.41) is 3.22. The molecule has 0 saturated heterocycles. The normalized spacial score (nSPS) is 11.2. The highest BCUT2D eigenvalue weighted by molar-refractivity contribution is 7.15. The van der Waals surface area contributed by atoms with E-state index in [9.17, 15) is 0 Å². The SMILES string of the molecule is CCc1nc(N(Cc2cccs2)C(C)C)sc1CN. The Kier molecular flexibility index (Phi) is 4.96. The molecule has 0 aliphatic carbocycles. The molecule has 0 saturated carbocycles. The first-order valence-corrected chi connectivity index (χ1v) is 8.33. The zero-order valence-corrected chi connectivity index (χ0v) is 13.4. The summed E-state index contributed by atoms with van der Waals surface area (Å²) < 4.78 is 0. The molecule has 2 heterocycles. The molecule has 2 aromatic heterocycles. The van der Waals surface area contributed by atoms with Crippen LogP contribution in [0.4, 0.5) is 5.13 Å². The van der Waals surface area contributed by atoms with Gasteiger partial charge in [0.1, 0.15) is 0 Å². The van der Waals surface area contributed by atoms with Crippen LogP contribution >= 0.6 is 22.7 Å². The van der Waals surface area contributed by atoms with Crippen LogP contribution in [0.3, 0.4) is 0 Å². The van der Waals surface area contributed by atoms with Gasteiger partial charge in [0.15, 0.2) is 5.13 Å². The van der Waals surface area contributed by atoms with Crippen LogP contribution < -0.4 is 10.6 Å². The van der Waals surface area contributed by atoms with Gasteiger partial charge in [-0.05, 0) is 31.7 Å². The van der Waals surface area contributed by atoms with E-state index in [0.717, 1.165) is 23.8 Å². The van der Waals surface area contributed by atoms with Gasteiger partial charge < -0.3 is 10.6 Å². The third-order valence-corrected chi connectivity index (χ3v) is 5.08. The molecular formula is C14H21N3S2. The van der Waals surface area contributed by atoms with Gasteiger partial charge in [-0.3, -0.25) is 0 Å². The molecule has 0 aromatic carbocycles. The van der Waals surface area contributed by atoms with Crippen molar-refractivity contribution in [3.05, 3.63) is 33.0 Å². The van der Waals surface area contributed by atoms with Gasteiger partial charge in [-0.15, -0.1) is 22.7 Å². The highest BCUT2D eigenvalue weighted by Crippen LogP contribution is 2.29. The van der Waals surface area contributed by atoms with Gasteiger partial charge in [0.25, 0.3) is 0 Å². The van der Waals surface area contributed by atoms with E-state index in [-0.39, 0.29) is 0 Å². The number of rotatable bonds is 6. The summed E-state index contributed by atoms with van der Waals surface area (Å²) in [6.45, 7) is 8.07. The number of anilines is 1. The van der Waals surface area contributed by atoms with Crippen molar-refractivity contribution in [3.63, 3.8) is 0 Å². The Morgan fingerprint density at radius 2 is 2.21 bits per heavy atom. The summed E-state index contributed by atoms with van der Waals surface area (Å²) in [5.74, 6) is 0. The molecule has 0 atom stereocenters. The smallest absolute Gasteiger partial charge is 0.186 e. The minimum absolute atomic E-state index is 0.434. The minimum Gasteiger partial charge on any atom is -0.341 e. The lowest BCUT2D eigenvalue weighted by atomic mass is 10.3. The number of thiazole rings is 1. The Labute approximate surface area is 123 Å². The average Bonchev–Trinajstić information content (AvgIpc) is 3.04. The molecule has 2 aromatic rings. The van der Waals surface area contributed by atoms with Crippen LogP contribution in [0.2, 0.25) is 0 Å². The molecule has 2 N–H and O–H groups in total. The molecule has 5 heteroatoms. The maximum absolute atomic E-state index is 5.81. The van der Waals surface area contributed by atoms with E-state index in [1.807, 2.05) is 0 Å². The van der Waals surface area contributed by atoms with E-state index >= 15 is 0 Å². The van der Waals surface area contributed by atoms with Crippen molar-refractivity contribution in [1.82, 2.24) is 4.98 Å². The van der Waals surface area contributed by atoms with Gasteiger partial charge in [-0.1, -0.05) is 13.0 Å². The van der Waals surface area contributed by atoms with Gasteiger partial charge in [0.05, 0.1) is 12.2 Å². The topological polar surface area (TPSA) is 42.2 Å². The molecule has 0 fully saturated rings. The van der Waals surface area contributed by atoms with Gasteiger partial charge in [0, 0.05) is 22.3 Å².